The van der Waals surface area contributed by atoms with Gasteiger partial charge in [0.05, 0.1) is 11.7 Å². The lowest BCUT2D eigenvalue weighted by atomic mass is 10.1. The van der Waals surface area contributed by atoms with Gasteiger partial charge in [0.25, 0.3) is 0 Å². The Bertz CT molecular complexity index is 542. The van der Waals surface area contributed by atoms with Crippen LogP contribution in [0.2, 0.25) is 0 Å². The largest absolute Gasteiger partial charge is 0.435 e. The molecule has 0 fully saturated rings. The number of rotatable bonds is 3. The van der Waals surface area contributed by atoms with Crippen molar-refractivity contribution in [2.24, 2.45) is 4.99 Å². The highest BCUT2D eigenvalue weighted by molar-refractivity contribution is 6.03. The Labute approximate surface area is 109 Å². The first-order chi connectivity index (χ1) is 8.98. The molecule has 0 aliphatic carbocycles. The van der Waals surface area contributed by atoms with Crippen LogP contribution in [0.5, 0.6) is 0 Å². The summed E-state index contributed by atoms with van der Waals surface area (Å²) in [5.41, 5.74) is -0.153. The van der Waals surface area contributed by atoms with Gasteiger partial charge in [0.1, 0.15) is 0 Å². The Morgan fingerprint density at radius 3 is 2.32 bits per heavy atom. The first-order valence-electron chi connectivity index (χ1n) is 5.82. The third-order valence-electron chi connectivity index (χ3n) is 2.73. The summed E-state index contributed by atoms with van der Waals surface area (Å²) < 4.78 is 39.0. The molecule has 1 aromatic heterocycles. The van der Waals surface area contributed by atoms with E-state index in [2.05, 4.69) is 9.98 Å². The number of hydrogen-bond donors (Lipinski definition) is 1. The van der Waals surface area contributed by atoms with Crippen LogP contribution in [0.3, 0.4) is 0 Å². The molecule has 0 radical (unpaired) electrons. The van der Waals surface area contributed by atoms with Crippen LogP contribution in [0.15, 0.2) is 53.7 Å². The predicted molar refractivity (Wildman–Crippen MR) is 68.2 cm³/mol. The zero-order valence-electron chi connectivity index (χ0n) is 10.3. The van der Waals surface area contributed by atoms with Crippen molar-refractivity contribution in [1.82, 2.24) is 4.98 Å². The molecule has 0 spiro atoms. The van der Waals surface area contributed by atoms with E-state index in [1.807, 2.05) is 6.07 Å². The van der Waals surface area contributed by atoms with Crippen LogP contribution >= 0.6 is 0 Å². The number of benzene rings is 1. The fourth-order valence-corrected chi connectivity index (χ4v) is 1.77. The van der Waals surface area contributed by atoms with Crippen molar-refractivity contribution in [3.05, 3.63) is 59.9 Å². The van der Waals surface area contributed by atoms with Crippen molar-refractivity contribution in [3.63, 3.8) is 0 Å². The number of halogens is 3. The molecule has 1 N–H and O–H groups in total. The molecule has 2 rings (SSSR count). The highest BCUT2D eigenvalue weighted by Crippen LogP contribution is 2.26. The minimum absolute atomic E-state index is 0.0183. The molecule has 1 unspecified atom stereocenters. The van der Waals surface area contributed by atoms with Gasteiger partial charge >= 0.3 is 6.18 Å². The van der Waals surface area contributed by atoms with Gasteiger partial charge in [0.2, 0.25) is 0 Å². The number of aromatic nitrogens is 1. The summed E-state index contributed by atoms with van der Waals surface area (Å²) in [5, 5.41) is 0. The minimum atomic E-state index is -4.48. The average Bonchev–Trinajstić information content (AvgIpc) is 2.88. The van der Waals surface area contributed by atoms with Crippen molar-refractivity contribution in [1.29, 1.82) is 0 Å². The van der Waals surface area contributed by atoms with Gasteiger partial charge in [0.15, 0.2) is 5.71 Å². The van der Waals surface area contributed by atoms with Gasteiger partial charge in [-0.15, -0.1) is 0 Å². The number of alkyl halides is 3. The topological polar surface area (TPSA) is 28.1 Å². The second kappa shape index (κ2) is 5.30. The Balaban J connectivity index is 2.37. The molecule has 0 aliphatic heterocycles. The van der Waals surface area contributed by atoms with Gasteiger partial charge in [-0.3, -0.25) is 4.99 Å². The molecule has 2 aromatic rings. The summed E-state index contributed by atoms with van der Waals surface area (Å²) in [5.74, 6) is 0. The molecular weight excluding hydrogens is 253 g/mol. The number of nitrogens with zero attached hydrogens (tertiary/aromatic N) is 1. The van der Waals surface area contributed by atoms with Gasteiger partial charge in [-0.1, -0.05) is 30.3 Å². The molecule has 0 amide bonds. The Morgan fingerprint density at radius 2 is 1.79 bits per heavy atom. The molecule has 2 nitrogen and oxygen atoms in total. The number of nitrogens with one attached hydrogen (secondary N) is 1. The van der Waals surface area contributed by atoms with Crippen LogP contribution in [0.4, 0.5) is 13.2 Å². The SMILES string of the molecule is CC(N=C(c1ccc[nH]1)C(F)(F)F)c1ccccc1. The fourth-order valence-electron chi connectivity index (χ4n) is 1.77. The monoisotopic (exact) mass is 266 g/mol. The summed E-state index contributed by atoms with van der Waals surface area (Å²) in [6.45, 7) is 1.64. The van der Waals surface area contributed by atoms with Crippen LogP contribution < -0.4 is 0 Å². The lowest BCUT2D eigenvalue weighted by Crippen LogP contribution is -2.25. The smallest absolute Gasteiger partial charge is 0.360 e. The van der Waals surface area contributed by atoms with Crippen molar-refractivity contribution >= 4 is 5.71 Å². The molecule has 19 heavy (non-hydrogen) atoms. The van der Waals surface area contributed by atoms with Crippen molar-refractivity contribution in [2.45, 2.75) is 19.1 Å². The van der Waals surface area contributed by atoms with Gasteiger partial charge in [-0.05, 0) is 24.6 Å². The molecule has 0 aliphatic rings. The van der Waals surface area contributed by atoms with E-state index < -0.39 is 17.9 Å². The van der Waals surface area contributed by atoms with E-state index in [-0.39, 0.29) is 5.69 Å². The molecule has 1 heterocycles. The number of hydrogen-bond acceptors (Lipinski definition) is 1. The lowest BCUT2D eigenvalue weighted by Gasteiger charge is -2.13. The van der Waals surface area contributed by atoms with E-state index in [1.54, 1.807) is 31.2 Å². The molecule has 1 atom stereocenters. The van der Waals surface area contributed by atoms with E-state index in [9.17, 15) is 13.2 Å². The second-order valence-electron chi connectivity index (χ2n) is 4.15. The highest BCUT2D eigenvalue weighted by atomic mass is 19.4. The maximum atomic E-state index is 13.0. The standard InChI is InChI=1S/C14H13F3N2/c1-10(11-6-3-2-4-7-11)19-13(14(15,16)17)12-8-5-9-18-12/h2-10,18H,1H3. The Hall–Kier alpha value is -2.04. The lowest BCUT2D eigenvalue weighted by molar-refractivity contribution is -0.0585. The van der Waals surface area contributed by atoms with E-state index in [0.29, 0.717) is 0 Å². The molecule has 0 saturated heterocycles. The Morgan fingerprint density at radius 1 is 1.11 bits per heavy atom. The predicted octanol–water partition coefficient (Wildman–Crippen LogP) is 4.13. The van der Waals surface area contributed by atoms with Crippen LogP contribution in [0, 0.1) is 0 Å². The zero-order chi connectivity index (χ0) is 13.9. The molecule has 100 valence electrons. The first-order valence-corrected chi connectivity index (χ1v) is 5.82. The van der Waals surface area contributed by atoms with Gasteiger partial charge < -0.3 is 4.98 Å². The van der Waals surface area contributed by atoms with Crippen molar-refractivity contribution < 1.29 is 13.2 Å². The van der Waals surface area contributed by atoms with Crippen LogP contribution in [-0.4, -0.2) is 16.9 Å². The fraction of sp³-hybridized carbons (Fsp3) is 0.214. The number of aromatic amines is 1. The summed E-state index contributed by atoms with van der Waals surface area (Å²) in [6.07, 6.45) is -3.03. The molecular formula is C14H13F3N2. The van der Waals surface area contributed by atoms with E-state index in [0.717, 1.165) is 5.56 Å². The van der Waals surface area contributed by atoms with Crippen LogP contribution in [0.1, 0.15) is 24.2 Å². The van der Waals surface area contributed by atoms with E-state index in [4.69, 9.17) is 0 Å². The first kappa shape index (κ1) is 13.4. The van der Waals surface area contributed by atoms with Gasteiger partial charge in [-0.25, -0.2) is 0 Å². The zero-order valence-corrected chi connectivity index (χ0v) is 10.3. The maximum absolute atomic E-state index is 13.0. The molecule has 0 saturated carbocycles. The Kier molecular flexibility index (Phi) is 3.74. The maximum Gasteiger partial charge on any atom is 0.435 e. The summed E-state index contributed by atoms with van der Waals surface area (Å²) >= 11 is 0. The second-order valence-corrected chi connectivity index (χ2v) is 4.15. The number of aliphatic imine (C=N–C) groups is 1. The average molecular weight is 266 g/mol. The van der Waals surface area contributed by atoms with Gasteiger partial charge in [-0.2, -0.15) is 13.2 Å². The van der Waals surface area contributed by atoms with Crippen molar-refractivity contribution in [2.75, 3.05) is 0 Å². The summed E-state index contributed by atoms with van der Waals surface area (Å²) in [7, 11) is 0. The quantitative estimate of drug-likeness (QED) is 0.809. The summed E-state index contributed by atoms with van der Waals surface area (Å²) in [4.78, 5) is 6.37. The number of H-pyrrole nitrogens is 1. The third kappa shape index (κ3) is 3.24. The highest BCUT2D eigenvalue weighted by Gasteiger charge is 2.37. The van der Waals surface area contributed by atoms with Crippen molar-refractivity contribution in [3.8, 4) is 0 Å². The van der Waals surface area contributed by atoms with E-state index >= 15 is 0 Å². The van der Waals surface area contributed by atoms with Gasteiger partial charge in [0, 0.05) is 6.20 Å². The normalized spacial score (nSPS) is 14.4. The summed E-state index contributed by atoms with van der Waals surface area (Å²) in [6, 6.07) is 11.2. The molecule has 1 aromatic carbocycles. The third-order valence-corrected chi connectivity index (χ3v) is 2.73. The molecule has 5 heteroatoms. The van der Waals surface area contributed by atoms with E-state index in [1.165, 1.54) is 18.3 Å². The minimum Gasteiger partial charge on any atom is -0.360 e. The van der Waals surface area contributed by atoms with Crippen LogP contribution in [-0.2, 0) is 0 Å². The molecule has 0 bridgehead atoms. The van der Waals surface area contributed by atoms with Crippen LogP contribution in [0.25, 0.3) is 0 Å².